The smallest absolute Gasteiger partial charge is 0.460 e. The topological polar surface area (TPSA) is 105 Å². The van der Waals surface area contributed by atoms with Crippen LogP contribution >= 0.6 is 15.9 Å². The molecule has 0 saturated carbocycles. The molecule has 24 heavy (non-hydrogen) atoms. The highest BCUT2D eigenvalue weighted by molar-refractivity contribution is 9.10. The van der Waals surface area contributed by atoms with Gasteiger partial charge in [0, 0.05) is 15.4 Å². The molecule has 0 bridgehead atoms. The SMILES string of the molecule is O=C(CCNc1n[n+]([O-])c2cc(Br)ccc2[n+]1[O-])OCC(F)(F)F. The van der Waals surface area contributed by atoms with E-state index in [-0.39, 0.29) is 28.4 Å². The minimum Gasteiger partial charge on any atom is -0.739 e. The number of nitrogens with one attached hydrogen (secondary N) is 1. The number of halogens is 4. The van der Waals surface area contributed by atoms with Gasteiger partial charge in [0.25, 0.3) is 0 Å². The van der Waals surface area contributed by atoms with Crippen molar-refractivity contribution in [2.24, 2.45) is 0 Å². The Hall–Kier alpha value is -2.37. The fourth-order valence-corrected chi connectivity index (χ4v) is 2.08. The van der Waals surface area contributed by atoms with Crippen LogP contribution in [-0.4, -0.2) is 30.4 Å². The summed E-state index contributed by atoms with van der Waals surface area (Å²) < 4.78 is 40.6. The Bertz CT molecular complexity index is 772. The molecule has 0 aliphatic carbocycles. The normalized spacial score (nSPS) is 11.5. The molecule has 0 fully saturated rings. The summed E-state index contributed by atoms with van der Waals surface area (Å²) in [6, 6.07) is 4.35. The van der Waals surface area contributed by atoms with E-state index < -0.39 is 25.2 Å². The first kappa shape index (κ1) is 18.0. The number of hydrogen-bond donors (Lipinski definition) is 1. The zero-order valence-electron chi connectivity index (χ0n) is 11.8. The molecule has 12 heteroatoms. The molecule has 1 aromatic heterocycles. The average molecular weight is 411 g/mol. The Morgan fingerprint density at radius 2 is 2.04 bits per heavy atom. The van der Waals surface area contributed by atoms with E-state index in [0.29, 0.717) is 9.20 Å². The van der Waals surface area contributed by atoms with Gasteiger partial charge in [-0.05, 0) is 12.1 Å². The molecule has 1 aromatic carbocycles. The number of carbonyl (C=O) groups is 1. The van der Waals surface area contributed by atoms with E-state index in [1.165, 1.54) is 12.1 Å². The second-order valence-electron chi connectivity index (χ2n) is 4.58. The van der Waals surface area contributed by atoms with Crippen LogP contribution in [0.2, 0.25) is 0 Å². The Kier molecular flexibility index (Phi) is 5.26. The molecule has 0 spiro atoms. The highest BCUT2D eigenvalue weighted by atomic mass is 79.9. The van der Waals surface area contributed by atoms with Gasteiger partial charge in [-0.3, -0.25) is 10.1 Å². The van der Waals surface area contributed by atoms with Crippen molar-refractivity contribution in [3.8, 4) is 0 Å². The first-order valence-electron chi connectivity index (χ1n) is 6.46. The van der Waals surface area contributed by atoms with Crippen LogP contribution in [0.4, 0.5) is 19.1 Å². The van der Waals surface area contributed by atoms with Crippen LogP contribution in [0.3, 0.4) is 0 Å². The summed E-state index contributed by atoms with van der Waals surface area (Å²) in [6.07, 6.45) is -5.04. The fraction of sp³-hybridized carbons (Fsp3) is 0.333. The van der Waals surface area contributed by atoms with Gasteiger partial charge in [-0.15, -0.1) is 0 Å². The molecule has 8 nitrogen and oxygen atoms in total. The van der Waals surface area contributed by atoms with Gasteiger partial charge in [0.15, 0.2) is 12.1 Å². The van der Waals surface area contributed by atoms with Crippen molar-refractivity contribution < 1.29 is 32.3 Å². The van der Waals surface area contributed by atoms with Crippen LogP contribution in [0.15, 0.2) is 22.7 Å². The van der Waals surface area contributed by atoms with Crippen LogP contribution in [-0.2, 0) is 9.53 Å². The molecule has 0 saturated heterocycles. The van der Waals surface area contributed by atoms with E-state index in [1.54, 1.807) is 6.07 Å². The van der Waals surface area contributed by atoms with Crippen LogP contribution < -0.4 is 14.9 Å². The van der Waals surface area contributed by atoms with Gasteiger partial charge in [0.2, 0.25) is 5.10 Å². The molecule has 130 valence electrons. The number of benzene rings is 1. The van der Waals surface area contributed by atoms with Gasteiger partial charge < -0.3 is 15.2 Å². The largest absolute Gasteiger partial charge is 0.739 e. The van der Waals surface area contributed by atoms with Crippen LogP contribution in [0.1, 0.15) is 6.42 Å². The minimum absolute atomic E-state index is 0.0227. The number of esters is 1. The predicted molar refractivity (Wildman–Crippen MR) is 77.5 cm³/mol. The van der Waals surface area contributed by atoms with Gasteiger partial charge in [0.1, 0.15) is 0 Å². The number of aromatic nitrogens is 3. The summed E-state index contributed by atoms with van der Waals surface area (Å²) >= 11 is 3.16. The summed E-state index contributed by atoms with van der Waals surface area (Å²) in [5.74, 6) is -1.49. The highest BCUT2D eigenvalue weighted by Gasteiger charge is 2.29. The molecular weight excluding hydrogens is 401 g/mol. The molecule has 0 aliphatic heterocycles. The maximum absolute atomic E-state index is 12.1. The van der Waals surface area contributed by atoms with Crippen LogP contribution in [0, 0.1) is 10.4 Å². The van der Waals surface area contributed by atoms with Crippen molar-refractivity contribution in [3.63, 3.8) is 0 Å². The lowest BCUT2D eigenvalue weighted by molar-refractivity contribution is -0.672. The molecule has 2 rings (SSSR count). The third-order valence-electron chi connectivity index (χ3n) is 2.75. The van der Waals surface area contributed by atoms with Crippen LogP contribution in [0.5, 0.6) is 0 Å². The molecule has 0 unspecified atom stereocenters. The lowest BCUT2D eigenvalue weighted by atomic mass is 10.3. The van der Waals surface area contributed by atoms with Gasteiger partial charge in [-0.2, -0.15) is 13.2 Å². The minimum atomic E-state index is -4.61. The summed E-state index contributed by atoms with van der Waals surface area (Å²) in [5, 5.41) is 29.8. The Labute approximate surface area is 141 Å². The zero-order chi connectivity index (χ0) is 17.9. The lowest BCUT2D eigenvalue weighted by Gasteiger charge is -2.10. The second-order valence-corrected chi connectivity index (χ2v) is 5.49. The number of carbonyl (C=O) groups excluding carboxylic acids is 1. The van der Waals surface area contributed by atoms with E-state index in [0.717, 1.165) is 0 Å². The maximum Gasteiger partial charge on any atom is 0.460 e. The Morgan fingerprint density at radius 3 is 2.71 bits per heavy atom. The van der Waals surface area contributed by atoms with E-state index in [1.807, 2.05) is 0 Å². The van der Waals surface area contributed by atoms with Crippen molar-refractivity contribution in [1.29, 1.82) is 0 Å². The standard InChI is InChI=1S/C12H10BrF3N4O4/c13-7-1-2-8-9(5-7)20(23)18-11(19(8)22)17-4-3-10(21)24-6-12(14,15)16/h1-2,5H,3-4,6H2,(H,17,18). The summed E-state index contributed by atoms with van der Waals surface area (Å²) in [6.45, 7) is -1.91. The van der Waals surface area contributed by atoms with Crippen molar-refractivity contribution >= 4 is 38.9 Å². The summed E-state index contributed by atoms with van der Waals surface area (Å²) in [7, 11) is 0. The third kappa shape index (κ3) is 4.57. The summed E-state index contributed by atoms with van der Waals surface area (Å²) in [4.78, 5) is 11.4. The molecule has 0 aliphatic rings. The number of rotatable bonds is 5. The second kappa shape index (κ2) is 7.03. The number of ether oxygens (including phenoxy) is 1. The number of fused-ring (bicyclic) bond motifs is 1. The monoisotopic (exact) mass is 410 g/mol. The van der Waals surface area contributed by atoms with Crippen molar-refractivity contribution in [1.82, 2.24) is 5.10 Å². The highest BCUT2D eigenvalue weighted by Crippen LogP contribution is 2.15. The number of alkyl halides is 3. The van der Waals surface area contributed by atoms with Gasteiger partial charge in [-0.25, -0.2) is 4.73 Å². The number of hydrogen-bond acceptors (Lipinski definition) is 6. The van der Waals surface area contributed by atoms with Gasteiger partial charge in [-0.1, -0.05) is 15.9 Å². The Morgan fingerprint density at radius 1 is 1.33 bits per heavy atom. The third-order valence-corrected chi connectivity index (χ3v) is 3.24. The van der Waals surface area contributed by atoms with Gasteiger partial charge >= 0.3 is 23.6 Å². The van der Waals surface area contributed by atoms with Gasteiger partial charge in [0.05, 0.1) is 13.0 Å². The van der Waals surface area contributed by atoms with Crippen molar-refractivity contribution in [3.05, 3.63) is 33.1 Å². The van der Waals surface area contributed by atoms with E-state index >= 15 is 0 Å². The summed E-state index contributed by atoms with van der Waals surface area (Å²) in [5.41, 5.74) is 0.0554. The lowest BCUT2D eigenvalue weighted by Crippen LogP contribution is -2.44. The molecule has 0 radical (unpaired) electrons. The molecule has 1 heterocycles. The Balaban J connectivity index is 2.02. The van der Waals surface area contributed by atoms with Crippen LogP contribution in [0.25, 0.3) is 11.0 Å². The number of anilines is 1. The maximum atomic E-state index is 12.1. The van der Waals surface area contributed by atoms with E-state index in [4.69, 9.17) is 0 Å². The molecule has 0 amide bonds. The first-order valence-corrected chi connectivity index (χ1v) is 7.25. The molecular formula is C12H10BrF3N4O4. The molecule has 2 aromatic rings. The quantitative estimate of drug-likeness (QED) is 0.450. The van der Waals surface area contributed by atoms with Crippen molar-refractivity contribution in [2.75, 3.05) is 18.5 Å². The molecule has 1 N–H and O–H groups in total. The van der Waals surface area contributed by atoms with E-state index in [2.05, 4.69) is 31.1 Å². The number of nitrogens with zero attached hydrogens (tertiary/aromatic N) is 3. The zero-order valence-corrected chi connectivity index (χ0v) is 13.4. The van der Waals surface area contributed by atoms with E-state index in [9.17, 15) is 28.4 Å². The molecule has 0 atom stereocenters. The predicted octanol–water partition coefficient (Wildman–Crippen LogP) is 1.17. The average Bonchev–Trinajstić information content (AvgIpc) is 2.49. The van der Waals surface area contributed by atoms with Crippen molar-refractivity contribution in [2.45, 2.75) is 12.6 Å². The first-order chi connectivity index (χ1) is 11.2. The fourth-order valence-electron chi connectivity index (χ4n) is 1.73.